The molecule has 0 saturated heterocycles. The molecule has 2 aromatic heterocycles. The molecule has 2 N–H and O–H groups in total. The van der Waals surface area contributed by atoms with E-state index in [4.69, 9.17) is 15.2 Å². The molecule has 0 aromatic carbocycles. The van der Waals surface area contributed by atoms with E-state index in [1.807, 2.05) is 16.8 Å². The zero-order valence-corrected chi connectivity index (χ0v) is 12.0. The molecule has 0 saturated carbocycles. The molecule has 19 heavy (non-hydrogen) atoms. The summed E-state index contributed by atoms with van der Waals surface area (Å²) in [5.41, 5.74) is 8.61. The summed E-state index contributed by atoms with van der Waals surface area (Å²) in [5, 5.41) is 4.70. The smallest absolute Gasteiger partial charge is 0.129 e. The lowest BCUT2D eigenvalue weighted by Gasteiger charge is -2.23. The number of aromatic nitrogens is 2. The van der Waals surface area contributed by atoms with Gasteiger partial charge >= 0.3 is 0 Å². The third kappa shape index (κ3) is 2.73. The van der Waals surface area contributed by atoms with Crippen molar-refractivity contribution in [3.05, 3.63) is 41.6 Å². The summed E-state index contributed by atoms with van der Waals surface area (Å²) in [6.45, 7) is 6.35. The lowest BCUT2D eigenvalue weighted by Crippen LogP contribution is -2.33. The summed E-state index contributed by atoms with van der Waals surface area (Å²) in [5.74, 6) is 0.884. The highest BCUT2D eigenvalue weighted by Crippen LogP contribution is 2.25. The Hall–Kier alpha value is -1.55. The van der Waals surface area contributed by atoms with Crippen LogP contribution in [0.2, 0.25) is 0 Å². The van der Waals surface area contributed by atoms with Crippen LogP contribution in [-0.2, 0) is 12.8 Å². The SMILES string of the molecule is CCc1cc(CC)n(C(c2ccco2)C(N)CC)n1. The van der Waals surface area contributed by atoms with Gasteiger partial charge in [-0.3, -0.25) is 4.68 Å². The fourth-order valence-corrected chi connectivity index (χ4v) is 2.36. The maximum atomic E-state index is 6.29. The summed E-state index contributed by atoms with van der Waals surface area (Å²) in [7, 11) is 0. The monoisotopic (exact) mass is 261 g/mol. The van der Waals surface area contributed by atoms with Crippen molar-refractivity contribution in [3.8, 4) is 0 Å². The highest BCUT2D eigenvalue weighted by Gasteiger charge is 2.26. The summed E-state index contributed by atoms with van der Waals surface area (Å²) in [6.07, 6.45) is 4.46. The lowest BCUT2D eigenvalue weighted by molar-refractivity contribution is 0.344. The Kier molecular flexibility index (Phi) is 4.43. The fraction of sp³-hybridized carbons (Fsp3) is 0.533. The van der Waals surface area contributed by atoms with E-state index in [0.717, 1.165) is 30.7 Å². The highest BCUT2D eigenvalue weighted by atomic mass is 16.3. The largest absolute Gasteiger partial charge is 0.467 e. The first-order chi connectivity index (χ1) is 9.21. The third-order valence-corrected chi connectivity index (χ3v) is 3.56. The molecule has 2 atom stereocenters. The van der Waals surface area contributed by atoms with Crippen LogP contribution in [0.1, 0.15) is 50.4 Å². The normalized spacial score (nSPS) is 14.5. The number of rotatable bonds is 6. The molecular formula is C15H23N3O. The van der Waals surface area contributed by atoms with Gasteiger partial charge in [0.25, 0.3) is 0 Å². The van der Waals surface area contributed by atoms with E-state index in [9.17, 15) is 0 Å². The molecular weight excluding hydrogens is 238 g/mol. The van der Waals surface area contributed by atoms with Crippen LogP contribution < -0.4 is 5.73 Å². The number of hydrogen-bond donors (Lipinski definition) is 1. The first-order valence-electron chi connectivity index (χ1n) is 7.07. The van der Waals surface area contributed by atoms with Crippen LogP contribution in [-0.4, -0.2) is 15.8 Å². The van der Waals surface area contributed by atoms with Crippen molar-refractivity contribution in [2.75, 3.05) is 0 Å². The second kappa shape index (κ2) is 6.06. The predicted octanol–water partition coefficient (Wildman–Crippen LogP) is 2.93. The van der Waals surface area contributed by atoms with Crippen LogP contribution in [0.25, 0.3) is 0 Å². The minimum Gasteiger partial charge on any atom is -0.467 e. The third-order valence-electron chi connectivity index (χ3n) is 3.56. The van der Waals surface area contributed by atoms with Crippen molar-refractivity contribution in [2.45, 2.75) is 52.1 Å². The van der Waals surface area contributed by atoms with Gasteiger partial charge in [0.2, 0.25) is 0 Å². The number of furan rings is 1. The Labute approximate surface area is 114 Å². The number of hydrogen-bond acceptors (Lipinski definition) is 3. The van der Waals surface area contributed by atoms with Crippen LogP contribution in [0.5, 0.6) is 0 Å². The molecule has 0 aliphatic heterocycles. The van der Waals surface area contributed by atoms with E-state index in [1.54, 1.807) is 6.26 Å². The van der Waals surface area contributed by atoms with Crippen LogP contribution in [0.15, 0.2) is 28.9 Å². The van der Waals surface area contributed by atoms with Gasteiger partial charge < -0.3 is 10.2 Å². The maximum Gasteiger partial charge on any atom is 0.129 e. The van der Waals surface area contributed by atoms with E-state index in [2.05, 4.69) is 26.8 Å². The van der Waals surface area contributed by atoms with E-state index >= 15 is 0 Å². The molecule has 0 amide bonds. The van der Waals surface area contributed by atoms with E-state index < -0.39 is 0 Å². The van der Waals surface area contributed by atoms with Crippen molar-refractivity contribution in [2.24, 2.45) is 5.73 Å². The highest BCUT2D eigenvalue weighted by molar-refractivity contribution is 5.17. The zero-order valence-electron chi connectivity index (χ0n) is 12.0. The molecule has 104 valence electrons. The van der Waals surface area contributed by atoms with Crippen molar-refractivity contribution < 1.29 is 4.42 Å². The van der Waals surface area contributed by atoms with Crippen LogP contribution in [0.4, 0.5) is 0 Å². The molecule has 0 fully saturated rings. The van der Waals surface area contributed by atoms with E-state index in [1.165, 1.54) is 5.69 Å². The van der Waals surface area contributed by atoms with Gasteiger partial charge in [-0.25, -0.2) is 0 Å². The van der Waals surface area contributed by atoms with Gasteiger partial charge in [0.15, 0.2) is 0 Å². The summed E-state index contributed by atoms with van der Waals surface area (Å²) < 4.78 is 7.62. The fourth-order valence-electron chi connectivity index (χ4n) is 2.36. The second-order valence-electron chi connectivity index (χ2n) is 4.81. The number of aryl methyl sites for hydroxylation is 2. The maximum absolute atomic E-state index is 6.29. The quantitative estimate of drug-likeness (QED) is 0.869. The zero-order chi connectivity index (χ0) is 13.8. The van der Waals surface area contributed by atoms with Crippen LogP contribution >= 0.6 is 0 Å². The molecule has 2 unspecified atom stereocenters. The molecule has 4 nitrogen and oxygen atoms in total. The Morgan fingerprint density at radius 2 is 2.11 bits per heavy atom. The standard InChI is InChI=1S/C15H23N3O/c1-4-11-10-12(5-2)18(17-11)15(13(16)6-3)14-8-7-9-19-14/h7-10,13,15H,4-6,16H2,1-3H3. The Morgan fingerprint density at radius 1 is 1.32 bits per heavy atom. The van der Waals surface area contributed by atoms with E-state index in [-0.39, 0.29) is 12.1 Å². The molecule has 0 aliphatic carbocycles. The minimum atomic E-state index is -0.0183. The van der Waals surface area contributed by atoms with Gasteiger partial charge in [0.05, 0.1) is 12.0 Å². The van der Waals surface area contributed by atoms with Gasteiger partial charge in [0, 0.05) is 11.7 Å². The van der Waals surface area contributed by atoms with Crippen molar-refractivity contribution in [3.63, 3.8) is 0 Å². The molecule has 2 rings (SSSR count). The first-order valence-corrected chi connectivity index (χ1v) is 7.07. The molecule has 0 bridgehead atoms. The van der Waals surface area contributed by atoms with Crippen LogP contribution in [0, 0.1) is 0 Å². The minimum absolute atomic E-state index is 0.000978. The van der Waals surface area contributed by atoms with Gasteiger partial charge in [0.1, 0.15) is 11.8 Å². The van der Waals surface area contributed by atoms with Crippen molar-refractivity contribution in [1.29, 1.82) is 0 Å². The molecule has 0 spiro atoms. The van der Waals surface area contributed by atoms with Gasteiger partial charge in [-0.15, -0.1) is 0 Å². The molecule has 4 heteroatoms. The first kappa shape index (κ1) is 13.9. The Balaban J connectivity index is 2.46. The van der Waals surface area contributed by atoms with Gasteiger partial charge in [-0.05, 0) is 37.5 Å². The molecule has 2 aromatic rings. The molecule has 2 heterocycles. The Morgan fingerprint density at radius 3 is 2.63 bits per heavy atom. The van der Waals surface area contributed by atoms with Crippen molar-refractivity contribution >= 4 is 0 Å². The van der Waals surface area contributed by atoms with E-state index in [0.29, 0.717) is 0 Å². The molecule has 0 radical (unpaired) electrons. The lowest BCUT2D eigenvalue weighted by atomic mass is 10.0. The predicted molar refractivity (Wildman–Crippen MR) is 76.1 cm³/mol. The summed E-state index contributed by atoms with van der Waals surface area (Å²) in [4.78, 5) is 0. The van der Waals surface area contributed by atoms with Gasteiger partial charge in [-0.1, -0.05) is 20.8 Å². The number of nitrogens with zero attached hydrogens (tertiary/aromatic N) is 2. The topological polar surface area (TPSA) is 57.0 Å². The summed E-state index contributed by atoms with van der Waals surface area (Å²) >= 11 is 0. The average molecular weight is 261 g/mol. The van der Waals surface area contributed by atoms with Crippen molar-refractivity contribution in [1.82, 2.24) is 9.78 Å². The number of nitrogens with two attached hydrogens (primary N) is 1. The Bertz CT molecular complexity index is 501. The molecule has 0 aliphatic rings. The van der Waals surface area contributed by atoms with Crippen LogP contribution in [0.3, 0.4) is 0 Å². The second-order valence-corrected chi connectivity index (χ2v) is 4.81. The van der Waals surface area contributed by atoms with Gasteiger partial charge in [-0.2, -0.15) is 5.10 Å². The summed E-state index contributed by atoms with van der Waals surface area (Å²) in [6, 6.07) is 6.03. The average Bonchev–Trinajstić information content (AvgIpc) is 3.08.